The molecule has 1 aliphatic carbocycles. The molecular weight excluding hydrogens is 226 g/mol. The zero-order valence-electron chi connectivity index (χ0n) is 11.0. The van der Waals surface area contributed by atoms with Crippen LogP contribution in [0.2, 0.25) is 0 Å². The van der Waals surface area contributed by atoms with Crippen LogP contribution in [0.15, 0.2) is 6.07 Å². The average Bonchev–Trinajstić information content (AvgIpc) is 2.81. The molecule has 0 saturated heterocycles. The molecule has 1 fully saturated rings. The van der Waals surface area contributed by atoms with Crippen molar-refractivity contribution in [1.82, 2.24) is 9.97 Å². The first-order valence-corrected chi connectivity index (χ1v) is 6.41. The quantitative estimate of drug-likeness (QED) is 0.651. The van der Waals surface area contributed by atoms with Crippen molar-refractivity contribution in [2.45, 2.75) is 32.6 Å². The largest absolute Gasteiger partial charge is 0.359 e. The van der Waals surface area contributed by atoms with Crippen molar-refractivity contribution in [3.8, 4) is 6.19 Å². The van der Waals surface area contributed by atoms with E-state index in [9.17, 15) is 0 Å². The smallest absolute Gasteiger partial charge is 0.182 e. The first-order chi connectivity index (χ1) is 8.69. The first kappa shape index (κ1) is 12.6. The predicted octanol–water partition coefficient (Wildman–Crippen LogP) is 2.30. The van der Waals surface area contributed by atoms with Crippen molar-refractivity contribution in [3.63, 3.8) is 0 Å². The van der Waals surface area contributed by atoms with E-state index in [1.165, 1.54) is 25.7 Å². The second-order valence-corrected chi connectivity index (χ2v) is 4.93. The second kappa shape index (κ2) is 5.67. The molecule has 0 radical (unpaired) electrons. The van der Waals surface area contributed by atoms with Gasteiger partial charge in [-0.25, -0.2) is 9.97 Å². The van der Waals surface area contributed by atoms with Crippen molar-refractivity contribution in [1.29, 1.82) is 5.26 Å². The van der Waals surface area contributed by atoms with E-state index < -0.39 is 0 Å². The van der Waals surface area contributed by atoms with Gasteiger partial charge < -0.3 is 4.90 Å². The highest BCUT2D eigenvalue weighted by atomic mass is 15.2. The normalized spacial score (nSPS) is 15.4. The summed E-state index contributed by atoms with van der Waals surface area (Å²) in [6, 6.07) is 1.82. The van der Waals surface area contributed by atoms with E-state index in [1.54, 1.807) is 0 Å². The Morgan fingerprint density at radius 1 is 1.44 bits per heavy atom. The number of nitrogens with one attached hydrogen (secondary N) is 1. The molecule has 96 valence electrons. The Kier molecular flexibility index (Phi) is 3.98. The van der Waals surface area contributed by atoms with Crippen molar-refractivity contribution >= 4 is 11.6 Å². The molecule has 1 aromatic heterocycles. The minimum absolute atomic E-state index is 0.568. The molecule has 5 heteroatoms. The van der Waals surface area contributed by atoms with Crippen LogP contribution in [0.25, 0.3) is 0 Å². The number of hydrogen-bond acceptors (Lipinski definition) is 5. The maximum atomic E-state index is 8.63. The van der Waals surface area contributed by atoms with Gasteiger partial charge in [-0.15, -0.1) is 0 Å². The number of hydrogen-bond donors (Lipinski definition) is 1. The highest BCUT2D eigenvalue weighted by Crippen LogP contribution is 2.26. The molecule has 1 aromatic rings. The van der Waals surface area contributed by atoms with E-state index in [1.807, 2.05) is 19.2 Å². The lowest BCUT2D eigenvalue weighted by Crippen LogP contribution is -2.25. The summed E-state index contributed by atoms with van der Waals surface area (Å²) in [7, 11) is 2.05. The summed E-state index contributed by atoms with van der Waals surface area (Å²) < 4.78 is 0. The molecule has 0 unspecified atom stereocenters. The van der Waals surface area contributed by atoms with Crippen LogP contribution in [0.3, 0.4) is 0 Å². The Morgan fingerprint density at radius 3 is 2.83 bits per heavy atom. The molecular formula is C13H19N5. The van der Waals surface area contributed by atoms with Crippen molar-refractivity contribution < 1.29 is 0 Å². The summed E-state index contributed by atoms with van der Waals surface area (Å²) in [4.78, 5) is 10.7. The lowest BCUT2D eigenvalue weighted by molar-refractivity contribution is 0.544. The van der Waals surface area contributed by atoms with E-state index in [2.05, 4.69) is 27.2 Å². The fraction of sp³-hybridized carbons (Fsp3) is 0.615. The molecule has 0 atom stereocenters. The van der Waals surface area contributed by atoms with Crippen molar-refractivity contribution in [2.24, 2.45) is 5.92 Å². The van der Waals surface area contributed by atoms with Gasteiger partial charge in [0.1, 0.15) is 17.5 Å². The molecule has 0 amide bonds. The number of anilines is 2. The van der Waals surface area contributed by atoms with Crippen LogP contribution < -0.4 is 10.2 Å². The molecule has 5 nitrogen and oxygen atoms in total. The lowest BCUT2D eigenvalue weighted by atomic mass is 10.1. The Labute approximate surface area is 108 Å². The summed E-state index contributed by atoms with van der Waals surface area (Å²) in [5, 5.41) is 11.2. The van der Waals surface area contributed by atoms with Gasteiger partial charge in [-0.05, 0) is 25.7 Å². The van der Waals surface area contributed by atoms with E-state index >= 15 is 0 Å². The molecule has 18 heavy (non-hydrogen) atoms. The molecule has 1 saturated carbocycles. The molecule has 2 rings (SSSR count). The maximum Gasteiger partial charge on any atom is 0.182 e. The number of rotatable bonds is 4. The summed E-state index contributed by atoms with van der Waals surface area (Å²) >= 11 is 0. The molecule has 1 N–H and O–H groups in total. The SMILES string of the molecule is Cc1nc(NC#N)cc(N(C)CC2CCCC2)n1. The Morgan fingerprint density at radius 2 is 2.17 bits per heavy atom. The van der Waals surface area contributed by atoms with Crippen molar-refractivity contribution in [3.05, 3.63) is 11.9 Å². The topological polar surface area (TPSA) is 64.8 Å². The molecule has 0 aromatic carbocycles. The number of nitriles is 1. The van der Waals surface area contributed by atoms with Crippen LogP contribution in [0.1, 0.15) is 31.5 Å². The number of aryl methyl sites for hydroxylation is 1. The van der Waals surface area contributed by atoms with Gasteiger partial charge >= 0.3 is 0 Å². The van der Waals surface area contributed by atoms with Gasteiger partial charge in [-0.1, -0.05) is 12.8 Å². The van der Waals surface area contributed by atoms with Gasteiger partial charge in [0.05, 0.1) is 0 Å². The van der Waals surface area contributed by atoms with Gasteiger partial charge in [0.25, 0.3) is 0 Å². The third-order valence-electron chi connectivity index (χ3n) is 3.41. The minimum Gasteiger partial charge on any atom is -0.359 e. The summed E-state index contributed by atoms with van der Waals surface area (Å²) in [6.45, 7) is 2.87. The second-order valence-electron chi connectivity index (χ2n) is 4.93. The molecule has 1 aliphatic rings. The van der Waals surface area contributed by atoms with Gasteiger partial charge in [-0.2, -0.15) is 5.26 Å². The standard InChI is InChI=1S/C13H19N5/c1-10-16-12(15-9-14)7-13(17-10)18(2)8-11-5-3-4-6-11/h7,11H,3-6,8H2,1-2H3,(H,15,16,17). The lowest BCUT2D eigenvalue weighted by Gasteiger charge is -2.22. The van der Waals surface area contributed by atoms with Crippen LogP contribution in [0.4, 0.5) is 11.6 Å². The third-order valence-corrected chi connectivity index (χ3v) is 3.41. The average molecular weight is 245 g/mol. The summed E-state index contributed by atoms with van der Waals surface area (Å²) in [5.41, 5.74) is 0. The van der Waals surface area contributed by atoms with Crippen LogP contribution in [0, 0.1) is 24.3 Å². The van der Waals surface area contributed by atoms with E-state index in [0.717, 1.165) is 18.3 Å². The van der Waals surface area contributed by atoms with Gasteiger partial charge in [0.15, 0.2) is 6.19 Å². The third kappa shape index (κ3) is 3.10. The van der Waals surface area contributed by atoms with E-state index in [-0.39, 0.29) is 0 Å². The molecule has 0 aliphatic heterocycles. The molecule has 0 spiro atoms. The van der Waals surface area contributed by atoms with Crippen LogP contribution >= 0.6 is 0 Å². The van der Waals surface area contributed by atoms with Crippen LogP contribution in [-0.4, -0.2) is 23.6 Å². The van der Waals surface area contributed by atoms with Crippen LogP contribution in [-0.2, 0) is 0 Å². The highest BCUT2D eigenvalue weighted by molar-refractivity contribution is 5.50. The Bertz CT molecular complexity index is 445. The zero-order chi connectivity index (χ0) is 13.0. The Hall–Kier alpha value is -1.83. The number of nitrogens with zero attached hydrogens (tertiary/aromatic N) is 4. The molecule has 0 bridgehead atoms. The monoisotopic (exact) mass is 245 g/mol. The van der Waals surface area contributed by atoms with Crippen molar-refractivity contribution in [2.75, 3.05) is 23.8 Å². The fourth-order valence-corrected chi connectivity index (χ4v) is 2.54. The Balaban J connectivity index is 2.08. The predicted molar refractivity (Wildman–Crippen MR) is 71.2 cm³/mol. The van der Waals surface area contributed by atoms with Crippen LogP contribution in [0.5, 0.6) is 0 Å². The highest BCUT2D eigenvalue weighted by Gasteiger charge is 2.18. The van der Waals surface area contributed by atoms with E-state index in [4.69, 9.17) is 5.26 Å². The van der Waals surface area contributed by atoms with Gasteiger partial charge in [0.2, 0.25) is 0 Å². The fourth-order valence-electron chi connectivity index (χ4n) is 2.54. The van der Waals surface area contributed by atoms with Gasteiger partial charge in [-0.3, -0.25) is 5.32 Å². The summed E-state index contributed by atoms with van der Waals surface area (Å²) in [6.07, 6.45) is 7.23. The molecule has 1 heterocycles. The summed E-state index contributed by atoms with van der Waals surface area (Å²) in [5.74, 6) is 2.91. The zero-order valence-corrected chi connectivity index (χ0v) is 11.0. The van der Waals surface area contributed by atoms with Gasteiger partial charge in [0, 0.05) is 19.7 Å². The minimum atomic E-state index is 0.568. The maximum absolute atomic E-state index is 8.63. The number of aromatic nitrogens is 2. The van der Waals surface area contributed by atoms with E-state index in [0.29, 0.717) is 11.6 Å². The first-order valence-electron chi connectivity index (χ1n) is 6.41.